The van der Waals surface area contributed by atoms with Crippen molar-refractivity contribution in [2.24, 2.45) is 0 Å². The van der Waals surface area contributed by atoms with E-state index in [2.05, 4.69) is 10.6 Å². The zero-order valence-electron chi connectivity index (χ0n) is 19.4. The lowest BCUT2D eigenvalue weighted by atomic mass is 10.0. The Hall–Kier alpha value is -4.33. The van der Waals surface area contributed by atoms with Crippen LogP contribution in [0.25, 0.3) is 0 Å². The minimum Gasteiger partial charge on any atom is -0.497 e. The Morgan fingerprint density at radius 3 is 2.11 bits per heavy atom. The summed E-state index contributed by atoms with van der Waals surface area (Å²) in [5.41, 5.74) is 2.30. The van der Waals surface area contributed by atoms with Crippen molar-refractivity contribution in [1.82, 2.24) is 10.6 Å². The van der Waals surface area contributed by atoms with Gasteiger partial charge in [-0.15, -0.1) is 0 Å². The number of hydrogen-bond acceptors (Lipinski definition) is 5. The van der Waals surface area contributed by atoms with E-state index in [0.29, 0.717) is 37.1 Å². The third-order valence-electron chi connectivity index (χ3n) is 5.33. The Balaban J connectivity index is 1.42. The van der Waals surface area contributed by atoms with Gasteiger partial charge in [-0.1, -0.05) is 42.5 Å². The summed E-state index contributed by atoms with van der Waals surface area (Å²) in [4.78, 5) is 35.8. The van der Waals surface area contributed by atoms with Crippen LogP contribution in [0.15, 0.2) is 78.9 Å². The maximum absolute atomic E-state index is 12.2. The fourth-order valence-electron chi connectivity index (χ4n) is 3.38. The van der Waals surface area contributed by atoms with Crippen molar-refractivity contribution in [3.05, 3.63) is 95.6 Å². The summed E-state index contributed by atoms with van der Waals surface area (Å²) >= 11 is 0. The summed E-state index contributed by atoms with van der Waals surface area (Å²) in [6.45, 7) is 0.326. The number of hydrogen-bond donors (Lipinski definition) is 3. The zero-order chi connectivity index (χ0) is 25.0. The highest BCUT2D eigenvalue weighted by molar-refractivity contribution is 5.96. The lowest BCUT2D eigenvalue weighted by Gasteiger charge is -2.14. The van der Waals surface area contributed by atoms with Crippen molar-refractivity contribution in [3.8, 4) is 11.5 Å². The molecule has 3 aromatic carbocycles. The molecule has 0 heterocycles. The molecule has 0 aliphatic heterocycles. The summed E-state index contributed by atoms with van der Waals surface area (Å²) < 4.78 is 10.4. The van der Waals surface area contributed by atoms with Gasteiger partial charge in [0.1, 0.15) is 17.5 Å². The summed E-state index contributed by atoms with van der Waals surface area (Å²) in [7, 11) is 1.59. The van der Waals surface area contributed by atoms with Gasteiger partial charge in [-0.05, 0) is 66.8 Å². The molecule has 0 aromatic heterocycles. The number of ether oxygens (including phenoxy) is 2. The second-order valence-electron chi connectivity index (χ2n) is 7.86. The highest BCUT2D eigenvalue weighted by Gasteiger charge is 2.20. The van der Waals surface area contributed by atoms with Gasteiger partial charge in [-0.25, -0.2) is 9.59 Å². The van der Waals surface area contributed by atoms with Gasteiger partial charge < -0.3 is 25.2 Å². The molecule has 0 radical (unpaired) electrons. The van der Waals surface area contributed by atoms with Crippen LogP contribution in [0, 0.1) is 0 Å². The number of aliphatic carboxylic acids is 1. The molecule has 0 aliphatic rings. The first-order chi connectivity index (χ1) is 16.9. The third-order valence-corrected chi connectivity index (χ3v) is 5.33. The summed E-state index contributed by atoms with van der Waals surface area (Å²) in [5, 5.41) is 14.7. The number of carboxylic acids is 1. The van der Waals surface area contributed by atoms with Gasteiger partial charge in [0, 0.05) is 12.1 Å². The van der Waals surface area contributed by atoms with Gasteiger partial charge in [-0.3, -0.25) is 4.79 Å². The van der Waals surface area contributed by atoms with Gasteiger partial charge in [0.05, 0.1) is 7.11 Å². The minimum absolute atomic E-state index is 0.292. The van der Waals surface area contributed by atoms with E-state index in [4.69, 9.17) is 9.47 Å². The molecule has 0 bridgehead atoms. The van der Waals surface area contributed by atoms with Gasteiger partial charge in [0.2, 0.25) is 0 Å². The number of carbonyl (C=O) groups excluding carboxylic acids is 2. The van der Waals surface area contributed by atoms with Gasteiger partial charge in [-0.2, -0.15) is 0 Å². The fourth-order valence-corrected chi connectivity index (χ4v) is 3.38. The lowest BCUT2D eigenvalue weighted by molar-refractivity contribution is -0.139. The molecule has 3 rings (SSSR count). The monoisotopic (exact) mass is 476 g/mol. The van der Waals surface area contributed by atoms with Crippen LogP contribution in [0.2, 0.25) is 0 Å². The third kappa shape index (κ3) is 8.19. The SMILES string of the molecule is COc1ccc(CNC(=O)Oc2ccc(CCC[C@H](NC(=O)c3ccccc3)C(=O)O)cc2)cc1. The van der Waals surface area contributed by atoms with E-state index in [1.165, 1.54) is 0 Å². The molecule has 3 aromatic rings. The van der Waals surface area contributed by atoms with Crippen LogP contribution in [-0.2, 0) is 17.8 Å². The topological polar surface area (TPSA) is 114 Å². The van der Waals surface area contributed by atoms with Crippen LogP contribution in [0.3, 0.4) is 0 Å². The number of methoxy groups -OCH3 is 1. The van der Waals surface area contributed by atoms with Crippen LogP contribution in [0.5, 0.6) is 11.5 Å². The number of rotatable bonds is 11. The summed E-state index contributed by atoms with van der Waals surface area (Å²) in [6, 6.07) is 21.9. The molecular weight excluding hydrogens is 448 g/mol. The number of nitrogens with one attached hydrogen (secondary N) is 2. The van der Waals surface area contributed by atoms with Crippen molar-refractivity contribution in [2.45, 2.75) is 31.8 Å². The molecule has 8 heteroatoms. The largest absolute Gasteiger partial charge is 0.497 e. The lowest BCUT2D eigenvalue weighted by Crippen LogP contribution is -2.40. The molecule has 0 fully saturated rings. The second kappa shape index (κ2) is 12.8. The summed E-state index contributed by atoms with van der Waals surface area (Å²) in [6.07, 6.45) is 0.913. The quantitative estimate of drug-likeness (QED) is 0.382. The van der Waals surface area contributed by atoms with Crippen molar-refractivity contribution in [2.75, 3.05) is 7.11 Å². The molecule has 0 unspecified atom stereocenters. The minimum atomic E-state index is -1.07. The Morgan fingerprint density at radius 2 is 1.49 bits per heavy atom. The first-order valence-corrected chi connectivity index (χ1v) is 11.2. The van der Waals surface area contributed by atoms with E-state index < -0.39 is 24.0 Å². The predicted octanol–water partition coefficient (Wildman–Crippen LogP) is 4.19. The number of aryl methyl sites for hydroxylation is 1. The van der Waals surface area contributed by atoms with Crippen molar-refractivity contribution < 1.29 is 29.0 Å². The van der Waals surface area contributed by atoms with Crippen LogP contribution < -0.4 is 20.1 Å². The Kier molecular flexibility index (Phi) is 9.24. The highest BCUT2D eigenvalue weighted by atomic mass is 16.6. The van der Waals surface area contributed by atoms with Crippen LogP contribution in [-0.4, -0.2) is 36.2 Å². The number of carbonyl (C=O) groups is 3. The maximum Gasteiger partial charge on any atom is 0.412 e. The first-order valence-electron chi connectivity index (χ1n) is 11.2. The van der Waals surface area contributed by atoms with E-state index in [0.717, 1.165) is 16.9 Å². The van der Waals surface area contributed by atoms with Crippen molar-refractivity contribution in [1.29, 1.82) is 0 Å². The van der Waals surface area contributed by atoms with Crippen LogP contribution in [0.4, 0.5) is 4.79 Å². The molecule has 0 saturated heterocycles. The molecule has 35 heavy (non-hydrogen) atoms. The van der Waals surface area contributed by atoms with E-state index >= 15 is 0 Å². The Morgan fingerprint density at radius 1 is 0.857 bits per heavy atom. The fraction of sp³-hybridized carbons (Fsp3) is 0.222. The molecule has 3 N–H and O–H groups in total. The van der Waals surface area contributed by atoms with E-state index in [1.54, 1.807) is 49.6 Å². The standard InChI is InChI=1S/C27H28N2O6/c1-34-22-14-12-20(13-15-22)18-28-27(33)35-23-16-10-19(11-17-23)6-5-9-24(26(31)32)29-25(30)21-7-3-2-4-8-21/h2-4,7-8,10-17,24H,5-6,9,18H2,1H3,(H,28,33)(H,29,30)(H,31,32)/t24-/m0/s1. The van der Waals surface area contributed by atoms with Crippen LogP contribution in [0.1, 0.15) is 34.3 Å². The van der Waals surface area contributed by atoms with Crippen molar-refractivity contribution in [3.63, 3.8) is 0 Å². The molecule has 2 amide bonds. The van der Waals surface area contributed by atoms with Gasteiger partial charge >= 0.3 is 12.1 Å². The average Bonchev–Trinajstić information content (AvgIpc) is 2.88. The number of amides is 2. The molecule has 182 valence electrons. The molecule has 1 atom stereocenters. The Labute approximate surface area is 203 Å². The van der Waals surface area contributed by atoms with E-state index in [1.807, 2.05) is 36.4 Å². The molecule has 0 aliphatic carbocycles. The predicted molar refractivity (Wildman–Crippen MR) is 131 cm³/mol. The van der Waals surface area contributed by atoms with E-state index in [-0.39, 0.29) is 0 Å². The second-order valence-corrected chi connectivity index (χ2v) is 7.86. The number of carboxylic acid groups (broad SMARTS) is 1. The van der Waals surface area contributed by atoms with Gasteiger partial charge in [0.15, 0.2) is 0 Å². The van der Waals surface area contributed by atoms with E-state index in [9.17, 15) is 19.5 Å². The van der Waals surface area contributed by atoms with Gasteiger partial charge in [0.25, 0.3) is 5.91 Å². The zero-order valence-corrected chi connectivity index (χ0v) is 19.4. The Bertz CT molecular complexity index is 1110. The number of benzene rings is 3. The normalized spacial score (nSPS) is 11.2. The molecule has 8 nitrogen and oxygen atoms in total. The molecule has 0 saturated carbocycles. The van der Waals surface area contributed by atoms with Crippen LogP contribution >= 0.6 is 0 Å². The maximum atomic E-state index is 12.2. The highest BCUT2D eigenvalue weighted by Crippen LogP contribution is 2.15. The van der Waals surface area contributed by atoms with Crippen molar-refractivity contribution >= 4 is 18.0 Å². The smallest absolute Gasteiger partial charge is 0.412 e. The first kappa shape index (κ1) is 25.3. The summed E-state index contributed by atoms with van der Waals surface area (Å²) in [5.74, 6) is -0.338. The molecular formula is C27H28N2O6. The average molecular weight is 477 g/mol. The molecule has 0 spiro atoms.